The molecule has 0 aromatic heterocycles. The van der Waals surface area contributed by atoms with Crippen molar-refractivity contribution in [2.75, 3.05) is 19.8 Å². The summed E-state index contributed by atoms with van der Waals surface area (Å²) in [4.78, 5) is 0. The molecule has 31 heavy (non-hydrogen) atoms. The maximum absolute atomic E-state index is 9.90. The van der Waals surface area contributed by atoms with Crippen LogP contribution in [0.5, 0.6) is 0 Å². The molecule has 0 aromatic rings. The molecular formula is C26H50O5. The third kappa shape index (κ3) is 14.3. The van der Waals surface area contributed by atoms with Crippen LogP contribution in [-0.2, 0) is 9.47 Å². The molecule has 0 spiro atoms. The number of allylic oxidation sites excluding steroid dienone is 2. The summed E-state index contributed by atoms with van der Waals surface area (Å²) in [5.41, 5.74) is 0. The summed E-state index contributed by atoms with van der Waals surface area (Å²) in [7, 11) is 0. The molecule has 0 aliphatic carbocycles. The molecule has 0 amide bonds. The number of rotatable bonds is 21. The number of aliphatic hydroxyl groups excluding tert-OH is 3. The lowest BCUT2D eigenvalue weighted by Gasteiger charge is -2.23. The molecule has 1 saturated heterocycles. The fourth-order valence-corrected chi connectivity index (χ4v) is 4.19. The van der Waals surface area contributed by atoms with E-state index in [0.717, 1.165) is 19.3 Å². The molecule has 1 fully saturated rings. The molecule has 0 saturated carbocycles. The molecule has 5 heteroatoms. The number of hydrogen-bond acceptors (Lipinski definition) is 5. The number of unbranched alkanes of at least 4 members (excludes halogenated alkanes) is 14. The van der Waals surface area contributed by atoms with E-state index in [1.165, 1.54) is 83.5 Å². The van der Waals surface area contributed by atoms with Gasteiger partial charge in [-0.05, 0) is 25.7 Å². The van der Waals surface area contributed by atoms with Crippen molar-refractivity contribution in [2.45, 2.75) is 134 Å². The minimum Gasteiger partial charge on any atom is -0.394 e. The molecule has 4 atom stereocenters. The summed E-state index contributed by atoms with van der Waals surface area (Å²) in [6.07, 6.45) is 22.6. The van der Waals surface area contributed by atoms with Gasteiger partial charge in [-0.1, -0.05) is 96.1 Å². The largest absolute Gasteiger partial charge is 0.394 e. The van der Waals surface area contributed by atoms with Gasteiger partial charge in [0.25, 0.3) is 0 Å². The monoisotopic (exact) mass is 442 g/mol. The number of aliphatic hydroxyl groups is 3. The summed E-state index contributed by atoms with van der Waals surface area (Å²) in [5.74, 6) is 0. The third-order valence-electron chi connectivity index (χ3n) is 6.20. The molecule has 0 unspecified atom stereocenters. The Hall–Kier alpha value is -0.460. The molecular weight excluding hydrogens is 392 g/mol. The molecule has 3 N–H and O–H groups in total. The smallest absolute Gasteiger partial charge is 0.114 e. The van der Waals surface area contributed by atoms with Crippen molar-refractivity contribution in [1.29, 1.82) is 0 Å². The van der Waals surface area contributed by atoms with E-state index in [-0.39, 0.29) is 13.2 Å². The Morgan fingerprint density at radius 2 is 1.35 bits per heavy atom. The summed E-state index contributed by atoms with van der Waals surface area (Å²) in [5, 5.41) is 28.7. The second kappa shape index (κ2) is 20.2. The van der Waals surface area contributed by atoms with Crippen LogP contribution in [0, 0.1) is 0 Å². The zero-order valence-electron chi connectivity index (χ0n) is 20.1. The Balaban J connectivity index is 1.84. The van der Waals surface area contributed by atoms with Crippen LogP contribution < -0.4 is 0 Å². The third-order valence-corrected chi connectivity index (χ3v) is 6.20. The number of ether oxygens (including phenoxy) is 2. The van der Waals surface area contributed by atoms with Gasteiger partial charge in [0.2, 0.25) is 0 Å². The van der Waals surface area contributed by atoms with Crippen LogP contribution in [0.25, 0.3) is 0 Å². The Kier molecular flexibility index (Phi) is 18.6. The van der Waals surface area contributed by atoms with E-state index in [9.17, 15) is 10.2 Å². The van der Waals surface area contributed by atoms with E-state index in [1.54, 1.807) is 0 Å². The van der Waals surface area contributed by atoms with Gasteiger partial charge in [0.1, 0.15) is 24.4 Å². The fraction of sp³-hybridized carbons (Fsp3) is 0.923. The normalized spacial score (nSPS) is 22.5. The van der Waals surface area contributed by atoms with Crippen molar-refractivity contribution in [1.82, 2.24) is 0 Å². The fourth-order valence-electron chi connectivity index (χ4n) is 4.19. The minimum absolute atomic E-state index is 0.144. The SMILES string of the molecule is CCCCCCCCCCCCCCC/C=C/CCCO[C@@H]1[C@H]([C@H](O)CO)OC[C@@H]1O. The van der Waals surface area contributed by atoms with Crippen molar-refractivity contribution >= 4 is 0 Å². The molecule has 0 radical (unpaired) electrons. The summed E-state index contributed by atoms with van der Waals surface area (Å²) in [6, 6.07) is 0. The molecule has 1 heterocycles. The molecule has 0 bridgehead atoms. The highest BCUT2D eigenvalue weighted by Crippen LogP contribution is 2.21. The van der Waals surface area contributed by atoms with Gasteiger partial charge in [0.15, 0.2) is 0 Å². The molecule has 0 aromatic carbocycles. The Bertz CT molecular complexity index is 415. The van der Waals surface area contributed by atoms with Crippen LogP contribution in [0.1, 0.15) is 110 Å². The second-order valence-electron chi connectivity index (χ2n) is 9.10. The molecule has 5 nitrogen and oxygen atoms in total. The van der Waals surface area contributed by atoms with E-state index in [2.05, 4.69) is 19.1 Å². The highest BCUT2D eigenvalue weighted by atomic mass is 16.6. The van der Waals surface area contributed by atoms with Gasteiger partial charge in [0.05, 0.1) is 13.2 Å². The molecule has 184 valence electrons. The van der Waals surface area contributed by atoms with Gasteiger partial charge in [-0.2, -0.15) is 0 Å². The van der Waals surface area contributed by atoms with E-state index in [0.29, 0.717) is 6.61 Å². The highest BCUT2D eigenvalue weighted by molar-refractivity contribution is 4.89. The van der Waals surface area contributed by atoms with Crippen molar-refractivity contribution in [2.24, 2.45) is 0 Å². The van der Waals surface area contributed by atoms with Crippen molar-refractivity contribution in [3.05, 3.63) is 12.2 Å². The highest BCUT2D eigenvalue weighted by Gasteiger charge is 2.40. The first-order valence-electron chi connectivity index (χ1n) is 13.1. The van der Waals surface area contributed by atoms with E-state index >= 15 is 0 Å². The summed E-state index contributed by atoms with van der Waals surface area (Å²) >= 11 is 0. The van der Waals surface area contributed by atoms with Crippen molar-refractivity contribution < 1.29 is 24.8 Å². The Morgan fingerprint density at radius 1 is 0.839 bits per heavy atom. The van der Waals surface area contributed by atoms with Gasteiger partial charge < -0.3 is 24.8 Å². The first kappa shape index (κ1) is 28.6. The van der Waals surface area contributed by atoms with Gasteiger partial charge >= 0.3 is 0 Å². The average molecular weight is 443 g/mol. The van der Waals surface area contributed by atoms with E-state index in [1.807, 2.05) is 0 Å². The zero-order chi connectivity index (χ0) is 22.6. The first-order valence-corrected chi connectivity index (χ1v) is 13.1. The van der Waals surface area contributed by atoms with Gasteiger partial charge in [-0.25, -0.2) is 0 Å². The van der Waals surface area contributed by atoms with Crippen LogP contribution in [0.3, 0.4) is 0 Å². The predicted molar refractivity (Wildman–Crippen MR) is 127 cm³/mol. The molecule has 1 aliphatic heterocycles. The number of hydrogen-bond donors (Lipinski definition) is 3. The van der Waals surface area contributed by atoms with Crippen LogP contribution in [0.4, 0.5) is 0 Å². The van der Waals surface area contributed by atoms with E-state index in [4.69, 9.17) is 14.6 Å². The quantitative estimate of drug-likeness (QED) is 0.166. The van der Waals surface area contributed by atoms with E-state index < -0.39 is 24.4 Å². The summed E-state index contributed by atoms with van der Waals surface area (Å²) < 4.78 is 11.0. The van der Waals surface area contributed by atoms with Crippen LogP contribution in [0.15, 0.2) is 12.2 Å². The Labute approximate surface area is 191 Å². The zero-order valence-corrected chi connectivity index (χ0v) is 20.1. The topological polar surface area (TPSA) is 79.2 Å². The lowest BCUT2D eigenvalue weighted by Crippen LogP contribution is -2.42. The van der Waals surface area contributed by atoms with Gasteiger partial charge in [-0.3, -0.25) is 0 Å². The summed E-state index contributed by atoms with van der Waals surface area (Å²) in [6.45, 7) is 2.55. The lowest BCUT2D eigenvalue weighted by molar-refractivity contribution is -0.0935. The van der Waals surface area contributed by atoms with Crippen LogP contribution in [0.2, 0.25) is 0 Å². The Morgan fingerprint density at radius 3 is 1.90 bits per heavy atom. The van der Waals surface area contributed by atoms with Crippen molar-refractivity contribution in [3.8, 4) is 0 Å². The predicted octanol–water partition coefficient (Wildman–Crippen LogP) is 5.30. The minimum atomic E-state index is -1.01. The van der Waals surface area contributed by atoms with Crippen LogP contribution >= 0.6 is 0 Å². The average Bonchev–Trinajstić information content (AvgIpc) is 3.15. The molecule has 1 aliphatic rings. The second-order valence-corrected chi connectivity index (χ2v) is 9.10. The van der Waals surface area contributed by atoms with Crippen LogP contribution in [-0.4, -0.2) is 59.6 Å². The molecule has 1 rings (SSSR count). The standard InChI is InChI=1S/C26H50O5/c1-2-3-4-5-6-7-8-9-10-11-12-13-14-15-16-17-18-19-20-30-26-24(29)22-31-25(26)23(28)21-27/h16-17,23-29H,2-15,18-22H2,1H3/b17-16+/t23-,24+,25+,26+/m1/s1. The first-order chi connectivity index (χ1) is 15.2. The van der Waals surface area contributed by atoms with Gasteiger partial charge in [0, 0.05) is 6.61 Å². The van der Waals surface area contributed by atoms with Crippen molar-refractivity contribution in [3.63, 3.8) is 0 Å². The lowest BCUT2D eigenvalue weighted by atomic mass is 10.0. The maximum atomic E-state index is 9.90. The maximum Gasteiger partial charge on any atom is 0.114 e. The van der Waals surface area contributed by atoms with Gasteiger partial charge in [-0.15, -0.1) is 0 Å².